The van der Waals surface area contributed by atoms with Gasteiger partial charge in [0.2, 0.25) is 0 Å². The molecule has 0 heterocycles. The van der Waals surface area contributed by atoms with Crippen molar-refractivity contribution < 1.29 is 0 Å². The molecular formula is C13H28N2. The highest BCUT2D eigenvalue weighted by molar-refractivity contribution is 4.73. The van der Waals surface area contributed by atoms with Crippen molar-refractivity contribution in [1.82, 2.24) is 10.2 Å². The van der Waals surface area contributed by atoms with Gasteiger partial charge in [0.05, 0.1) is 0 Å². The minimum Gasteiger partial charge on any atom is -0.317 e. The number of unbranched alkanes of at least 4 members (excludes halogenated alkanes) is 1. The zero-order valence-corrected chi connectivity index (χ0v) is 10.6. The molecule has 0 saturated heterocycles. The lowest BCUT2D eigenvalue weighted by Crippen LogP contribution is -2.33. The topological polar surface area (TPSA) is 15.3 Å². The second kappa shape index (κ2) is 8.12. The summed E-state index contributed by atoms with van der Waals surface area (Å²) in [4.78, 5) is 2.63. The number of nitrogens with one attached hydrogen (secondary N) is 1. The highest BCUT2D eigenvalue weighted by atomic mass is 15.1. The smallest absolute Gasteiger partial charge is 0.000954 e. The first-order valence-corrected chi connectivity index (χ1v) is 6.79. The molecule has 1 aliphatic rings. The van der Waals surface area contributed by atoms with Crippen molar-refractivity contribution in [3.8, 4) is 0 Å². The van der Waals surface area contributed by atoms with Gasteiger partial charge in [0, 0.05) is 6.54 Å². The second-order valence-electron chi connectivity index (χ2n) is 4.75. The Bertz CT molecular complexity index is 143. The van der Waals surface area contributed by atoms with Crippen LogP contribution in [-0.2, 0) is 0 Å². The second-order valence-corrected chi connectivity index (χ2v) is 4.75. The quantitative estimate of drug-likeness (QED) is 0.591. The Hall–Kier alpha value is -0.0800. The molecule has 90 valence electrons. The SMILES string of the molecule is CCNCCCCN(CC)CC1CCC1. The van der Waals surface area contributed by atoms with Gasteiger partial charge in [0.15, 0.2) is 0 Å². The van der Waals surface area contributed by atoms with Crippen molar-refractivity contribution in [2.75, 3.05) is 32.7 Å². The van der Waals surface area contributed by atoms with Crippen LogP contribution in [0.4, 0.5) is 0 Å². The Kier molecular flexibility index (Phi) is 7.03. The third kappa shape index (κ3) is 5.53. The van der Waals surface area contributed by atoms with E-state index in [0.29, 0.717) is 0 Å². The van der Waals surface area contributed by atoms with Gasteiger partial charge in [-0.15, -0.1) is 0 Å². The molecule has 1 fully saturated rings. The van der Waals surface area contributed by atoms with Crippen LogP contribution in [0.2, 0.25) is 0 Å². The maximum Gasteiger partial charge on any atom is 0.000954 e. The molecule has 0 atom stereocenters. The maximum absolute atomic E-state index is 3.38. The number of hydrogen-bond donors (Lipinski definition) is 1. The van der Waals surface area contributed by atoms with Crippen LogP contribution < -0.4 is 5.32 Å². The zero-order valence-electron chi connectivity index (χ0n) is 10.6. The number of nitrogens with zero attached hydrogens (tertiary/aromatic N) is 1. The van der Waals surface area contributed by atoms with E-state index in [1.165, 1.54) is 58.3 Å². The molecule has 0 radical (unpaired) electrons. The fourth-order valence-corrected chi connectivity index (χ4v) is 2.18. The van der Waals surface area contributed by atoms with Crippen molar-refractivity contribution >= 4 is 0 Å². The summed E-state index contributed by atoms with van der Waals surface area (Å²) >= 11 is 0. The van der Waals surface area contributed by atoms with E-state index in [0.717, 1.165) is 12.5 Å². The molecule has 0 aliphatic heterocycles. The largest absolute Gasteiger partial charge is 0.317 e. The van der Waals surface area contributed by atoms with E-state index in [9.17, 15) is 0 Å². The molecule has 2 heteroatoms. The van der Waals surface area contributed by atoms with Crippen LogP contribution in [0.25, 0.3) is 0 Å². The normalized spacial score (nSPS) is 17.0. The molecule has 0 spiro atoms. The summed E-state index contributed by atoms with van der Waals surface area (Å²) in [5, 5.41) is 3.38. The fourth-order valence-electron chi connectivity index (χ4n) is 2.18. The van der Waals surface area contributed by atoms with Gasteiger partial charge in [0.1, 0.15) is 0 Å². The average Bonchev–Trinajstić information content (AvgIpc) is 2.19. The lowest BCUT2D eigenvalue weighted by Gasteiger charge is -2.31. The van der Waals surface area contributed by atoms with Gasteiger partial charge < -0.3 is 10.2 Å². The molecule has 15 heavy (non-hydrogen) atoms. The third-order valence-corrected chi connectivity index (χ3v) is 3.52. The lowest BCUT2D eigenvalue weighted by molar-refractivity contribution is 0.182. The fraction of sp³-hybridized carbons (Fsp3) is 1.00. The summed E-state index contributed by atoms with van der Waals surface area (Å²) in [5.74, 6) is 1.03. The molecule has 0 aromatic carbocycles. The summed E-state index contributed by atoms with van der Waals surface area (Å²) in [6, 6.07) is 0. The Morgan fingerprint density at radius 3 is 2.53 bits per heavy atom. The minimum atomic E-state index is 1.03. The van der Waals surface area contributed by atoms with Gasteiger partial charge in [-0.3, -0.25) is 0 Å². The summed E-state index contributed by atoms with van der Waals surface area (Å²) in [7, 11) is 0. The molecule has 0 amide bonds. The van der Waals surface area contributed by atoms with Crippen LogP contribution >= 0.6 is 0 Å². The molecule has 0 aromatic heterocycles. The molecule has 2 nitrogen and oxygen atoms in total. The summed E-state index contributed by atoms with van der Waals surface area (Å²) < 4.78 is 0. The monoisotopic (exact) mass is 212 g/mol. The van der Waals surface area contributed by atoms with Crippen LogP contribution in [0, 0.1) is 5.92 Å². The molecule has 0 unspecified atom stereocenters. The van der Waals surface area contributed by atoms with E-state index in [2.05, 4.69) is 24.1 Å². The van der Waals surface area contributed by atoms with Crippen molar-refractivity contribution in [1.29, 1.82) is 0 Å². The summed E-state index contributed by atoms with van der Waals surface area (Å²) in [6.45, 7) is 10.7. The number of hydrogen-bond acceptors (Lipinski definition) is 2. The average molecular weight is 212 g/mol. The van der Waals surface area contributed by atoms with Crippen molar-refractivity contribution in [3.63, 3.8) is 0 Å². The van der Waals surface area contributed by atoms with Gasteiger partial charge in [-0.2, -0.15) is 0 Å². The van der Waals surface area contributed by atoms with Crippen molar-refractivity contribution in [2.24, 2.45) is 5.92 Å². The minimum absolute atomic E-state index is 1.03. The van der Waals surface area contributed by atoms with Crippen LogP contribution in [0.1, 0.15) is 46.0 Å². The number of rotatable bonds is 9. The lowest BCUT2D eigenvalue weighted by atomic mass is 9.85. The van der Waals surface area contributed by atoms with E-state index in [1.807, 2.05) is 0 Å². The van der Waals surface area contributed by atoms with Crippen LogP contribution in [-0.4, -0.2) is 37.6 Å². The van der Waals surface area contributed by atoms with Gasteiger partial charge in [0.25, 0.3) is 0 Å². The van der Waals surface area contributed by atoms with Gasteiger partial charge >= 0.3 is 0 Å². The van der Waals surface area contributed by atoms with Gasteiger partial charge in [-0.05, 0) is 57.8 Å². The standard InChI is InChI=1S/C13H28N2/c1-3-14-10-5-6-11-15(4-2)12-13-8-7-9-13/h13-14H,3-12H2,1-2H3. The third-order valence-electron chi connectivity index (χ3n) is 3.52. The highest BCUT2D eigenvalue weighted by Gasteiger charge is 2.19. The Labute approximate surface area is 95.4 Å². The molecule has 1 rings (SSSR count). The first-order valence-electron chi connectivity index (χ1n) is 6.79. The predicted octanol–water partition coefficient (Wildman–Crippen LogP) is 2.50. The van der Waals surface area contributed by atoms with Gasteiger partial charge in [-0.1, -0.05) is 20.3 Å². The Balaban J connectivity index is 1.95. The Morgan fingerprint density at radius 1 is 1.20 bits per heavy atom. The summed E-state index contributed by atoms with van der Waals surface area (Å²) in [6.07, 6.45) is 7.12. The first kappa shape index (κ1) is 13.0. The highest BCUT2D eigenvalue weighted by Crippen LogP contribution is 2.26. The maximum atomic E-state index is 3.38. The van der Waals surface area contributed by atoms with E-state index in [-0.39, 0.29) is 0 Å². The predicted molar refractivity (Wildman–Crippen MR) is 67.2 cm³/mol. The molecule has 1 aliphatic carbocycles. The van der Waals surface area contributed by atoms with E-state index in [1.54, 1.807) is 0 Å². The molecule has 0 bridgehead atoms. The molecule has 1 N–H and O–H groups in total. The molecule has 1 saturated carbocycles. The van der Waals surface area contributed by atoms with Crippen LogP contribution in [0.5, 0.6) is 0 Å². The zero-order chi connectivity index (χ0) is 10.9. The van der Waals surface area contributed by atoms with E-state index < -0.39 is 0 Å². The Morgan fingerprint density at radius 2 is 2.00 bits per heavy atom. The first-order chi connectivity index (χ1) is 7.36. The van der Waals surface area contributed by atoms with Crippen LogP contribution in [0.3, 0.4) is 0 Å². The van der Waals surface area contributed by atoms with Crippen molar-refractivity contribution in [2.45, 2.75) is 46.0 Å². The van der Waals surface area contributed by atoms with E-state index in [4.69, 9.17) is 0 Å². The van der Waals surface area contributed by atoms with Crippen molar-refractivity contribution in [3.05, 3.63) is 0 Å². The molecular weight excluding hydrogens is 184 g/mol. The molecule has 0 aromatic rings. The van der Waals surface area contributed by atoms with Crippen LogP contribution in [0.15, 0.2) is 0 Å². The van der Waals surface area contributed by atoms with Gasteiger partial charge in [-0.25, -0.2) is 0 Å². The summed E-state index contributed by atoms with van der Waals surface area (Å²) in [5.41, 5.74) is 0. The van der Waals surface area contributed by atoms with E-state index >= 15 is 0 Å².